The Morgan fingerprint density at radius 3 is 2.64 bits per heavy atom. The molecule has 1 aliphatic rings. The van der Waals surface area contributed by atoms with Gasteiger partial charge in [0.15, 0.2) is 5.43 Å². The standard InChI is InChI=1S/C26H28ClN5O/c1-19(31-14-6-3-7-15-31)30-25(12-13-28)29-17-20-18-32(22-8-4-2-5-9-22)24-16-21(27)10-11-23(24)26(20)33/h2,4-5,8-13,16,18H,1,3,6-7,14-15,17,28H2,(H,29,30)/b13-12-. The number of rotatable bonds is 6. The van der Waals surface area contributed by atoms with E-state index in [1.54, 1.807) is 18.2 Å². The van der Waals surface area contributed by atoms with Crippen molar-refractivity contribution in [2.24, 2.45) is 10.7 Å². The maximum absolute atomic E-state index is 13.2. The van der Waals surface area contributed by atoms with Crippen molar-refractivity contribution < 1.29 is 0 Å². The highest BCUT2D eigenvalue weighted by atomic mass is 35.5. The Morgan fingerprint density at radius 1 is 1.15 bits per heavy atom. The number of hydrogen-bond acceptors (Lipinski definition) is 4. The number of aromatic nitrogens is 1. The van der Waals surface area contributed by atoms with E-state index in [2.05, 4.69) is 21.8 Å². The topological polar surface area (TPSA) is 75.6 Å². The van der Waals surface area contributed by atoms with Gasteiger partial charge in [0.25, 0.3) is 0 Å². The number of nitrogens with one attached hydrogen (secondary N) is 1. The van der Waals surface area contributed by atoms with Crippen molar-refractivity contribution in [3.8, 4) is 5.69 Å². The second kappa shape index (κ2) is 10.4. The normalized spacial score (nSPS) is 14.7. The van der Waals surface area contributed by atoms with Gasteiger partial charge in [0.2, 0.25) is 0 Å². The molecule has 0 unspecified atom stereocenters. The van der Waals surface area contributed by atoms with Crippen LogP contribution in [0.1, 0.15) is 24.8 Å². The van der Waals surface area contributed by atoms with Crippen LogP contribution in [0.5, 0.6) is 0 Å². The number of aliphatic imine (C=N–C) groups is 1. The quantitative estimate of drug-likeness (QED) is 0.416. The minimum atomic E-state index is -0.0662. The van der Waals surface area contributed by atoms with E-state index in [1.807, 2.05) is 47.2 Å². The number of hydrogen-bond donors (Lipinski definition) is 2. The first kappa shape index (κ1) is 22.7. The summed E-state index contributed by atoms with van der Waals surface area (Å²) in [6.45, 7) is 6.30. The molecule has 0 atom stereocenters. The lowest BCUT2D eigenvalue weighted by molar-refractivity contribution is 0.277. The van der Waals surface area contributed by atoms with Gasteiger partial charge in [0.05, 0.1) is 17.9 Å². The average molecular weight is 462 g/mol. The number of pyridine rings is 1. The average Bonchev–Trinajstić information content (AvgIpc) is 2.84. The number of likely N-dealkylation sites (tertiary alicyclic amines) is 1. The molecule has 0 amide bonds. The highest BCUT2D eigenvalue weighted by molar-refractivity contribution is 6.31. The summed E-state index contributed by atoms with van der Waals surface area (Å²) in [5.41, 5.74) is 7.85. The van der Waals surface area contributed by atoms with Gasteiger partial charge in [-0.2, -0.15) is 0 Å². The maximum atomic E-state index is 13.2. The molecule has 1 aliphatic heterocycles. The van der Waals surface area contributed by atoms with E-state index < -0.39 is 0 Å². The predicted molar refractivity (Wildman–Crippen MR) is 137 cm³/mol. The molecule has 7 heteroatoms. The number of benzene rings is 2. The lowest BCUT2D eigenvalue weighted by Crippen LogP contribution is -2.37. The van der Waals surface area contributed by atoms with Crippen molar-refractivity contribution >= 4 is 28.3 Å². The molecule has 1 aromatic heterocycles. The summed E-state index contributed by atoms with van der Waals surface area (Å²) < 4.78 is 1.98. The molecule has 3 N–H and O–H groups in total. The van der Waals surface area contributed by atoms with Crippen LogP contribution >= 0.6 is 11.6 Å². The first-order chi connectivity index (χ1) is 16.1. The van der Waals surface area contributed by atoms with Gasteiger partial charge in [-0.05, 0) is 61.9 Å². The molecule has 4 rings (SSSR count). The van der Waals surface area contributed by atoms with Crippen LogP contribution in [0.15, 0.2) is 89.2 Å². The zero-order valence-corrected chi connectivity index (χ0v) is 19.3. The molecule has 170 valence electrons. The van der Waals surface area contributed by atoms with Crippen LogP contribution in [-0.2, 0) is 6.54 Å². The van der Waals surface area contributed by atoms with E-state index in [9.17, 15) is 4.79 Å². The third-order valence-corrected chi connectivity index (χ3v) is 5.99. The summed E-state index contributed by atoms with van der Waals surface area (Å²) in [5.74, 6) is 1.36. The Morgan fingerprint density at radius 2 is 1.91 bits per heavy atom. The minimum absolute atomic E-state index is 0.0662. The van der Waals surface area contributed by atoms with Crippen molar-refractivity contribution in [2.75, 3.05) is 13.1 Å². The first-order valence-electron chi connectivity index (χ1n) is 11.1. The predicted octanol–water partition coefficient (Wildman–Crippen LogP) is 4.56. The van der Waals surface area contributed by atoms with Crippen LogP contribution in [0, 0.1) is 0 Å². The highest BCUT2D eigenvalue weighted by Gasteiger charge is 2.14. The maximum Gasteiger partial charge on any atom is 0.194 e. The van der Waals surface area contributed by atoms with Gasteiger partial charge in [0, 0.05) is 40.9 Å². The lowest BCUT2D eigenvalue weighted by Gasteiger charge is -2.30. The smallest absolute Gasteiger partial charge is 0.194 e. The van der Waals surface area contributed by atoms with E-state index in [0.29, 0.717) is 21.8 Å². The van der Waals surface area contributed by atoms with E-state index in [0.717, 1.165) is 43.0 Å². The zero-order chi connectivity index (χ0) is 23.2. The Labute approximate surface area is 198 Å². The van der Waals surface area contributed by atoms with Gasteiger partial charge in [-0.1, -0.05) is 36.4 Å². The molecule has 0 radical (unpaired) electrons. The second-order valence-corrected chi connectivity index (χ2v) is 8.47. The van der Waals surface area contributed by atoms with Gasteiger partial charge in [-0.3, -0.25) is 9.79 Å². The van der Waals surface area contributed by atoms with Gasteiger partial charge < -0.3 is 20.5 Å². The molecule has 33 heavy (non-hydrogen) atoms. The van der Waals surface area contributed by atoms with Crippen molar-refractivity contribution in [3.63, 3.8) is 0 Å². The van der Waals surface area contributed by atoms with Crippen LogP contribution in [0.3, 0.4) is 0 Å². The first-order valence-corrected chi connectivity index (χ1v) is 11.5. The molecule has 1 saturated heterocycles. The number of amidine groups is 1. The zero-order valence-electron chi connectivity index (χ0n) is 18.5. The number of piperidine rings is 1. The van der Waals surface area contributed by atoms with Crippen LogP contribution in [0.2, 0.25) is 5.02 Å². The third-order valence-electron chi connectivity index (χ3n) is 5.76. The molecule has 3 aromatic rings. The second-order valence-electron chi connectivity index (χ2n) is 8.03. The van der Waals surface area contributed by atoms with Crippen molar-refractivity contribution in [3.05, 3.63) is 100 Å². The fraction of sp³-hybridized carbons (Fsp3) is 0.231. The lowest BCUT2D eigenvalue weighted by atomic mass is 10.1. The van der Waals surface area contributed by atoms with Crippen molar-refractivity contribution in [1.29, 1.82) is 0 Å². The summed E-state index contributed by atoms with van der Waals surface area (Å²) in [6, 6.07) is 15.2. The summed E-state index contributed by atoms with van der Waals surface area (Å²) in [6.07, 6.45) is 8.50. The SMILES string of the molecule is C=C(NC(/C=C\N)=NCc1cn(-c2ccccc2)c2cc(Cl)ccc2c1=O)N1CCCCC1. The molecule has 0 saturated carbocycles. The molecule has 2 aromatic carbocycles. The highest BCUT2D eigenvalue weighted by Crippen LogP contribution is 2.21. The number of halogens is 1. The summed E-state index contributed by atoms with van der Waals surface area (Å²) in [4.78, 5) is 20.1. The van der Waals surface area contributed by atoms with Gasteiger partial charge >= 0.3 is 0 Å². The fourth-order valence-electron chi connectivity index (χ4n) is 4.05. The van der Waals surface area contributed by atoms with E-state index in [4.69, 9.17) is 17.3 Å². The van der Waals surface area contributed by atoms with Crippen molar-refractivity contribution in [1.82, 2.24) is 14.8 Å². The van der Waals surface area contributed by atoms with Gasteiger partial charge in [0.1, 0.15) is 5.84 Å². The van der Waals surface area contributed by atoms with Gasteiger partial charge in [-0.15, -0.1) is 0 Å². The Hall–Kier alpha value is -3.51. The number of nitrogens with two attached hydrogens (primary N) is 1. The minimum Gasteiger partial charge on any atom is -0.404 e. The monoisotopic (exact) mass is 461 g/mol. The van der Waals surface area contributed by atoms with Gasteiger partial charge in [-0.25, -0.2) is 0 Å². The summed E-state index contributed by atoms with van der Waals surface area (Å²) in [7, 11) is 0. The largest absolute Gasteiger partial charge is 0.404 e. The Balaban J connectivity index is 1.69. The number of para-hydroxylation sites is 1. The fourth-order valence-corrected chi connectivity index (χ4v) is 4.22. The Bertz CT molecular complexity index is 1260. The molecule has 2 heterocycles. The van der Waals surface area contributed by atoms with E-state index >= 15 is 0 Å². The van der Waals surface area contributed by atoms with E-state index in [1.165, 1.54) is 12.6 Å². The molecule has 0 bridgehead atoms. The van der Waals surface area contributed by atoms with E-state index in [-0.39, 0.29) is 12.0 Å². The Kier molecular flexibility index (Phi) is 7.15. The molecular formula is C26H28ClN5O. The summed E-state index contributed by atoms with van der Waals surface area (Å²) >= 11 is 6.24. The van der Waals surface area contributed by atoms with Crippen molar-refractivity contribution in [2.45, 2.75) is 25.8 Å². The molecule has 0 spiro atoms. The number of nitrogens with zero attached hydrogens (tertiary/aromatic N) is 3. The summed E-state index contributed by atoms with van der Waals surface area (Å²) in [5, 5.41) is 4.43. The third kappa shape index (κ3) is 5.29. The molecular weight excluding hydrogens is 434 g/mol. The number of fused-ring (bicyclic) bond motifs is 1. The van der Waals surface area contributed by atoms with Crippen LogP contribution in [-0.4, -0.2) is 28.4 Å². The van der Waals surface area contributed by atoms with Crippen LogP contribution in [0.4, 0.5) is 0 Å². The van der Waals surface area contributed by atoms with Crippen LogP contribution in [0.25, 0.3) is 16.6 Å². The molecule has 6 nitrogen and oxygen atoms in total. The molecule has 0 aliphatic carbocycles. The molecule has 1 fully saturated rings. The van der Waals surface area contributed by atoms with Crippen LogP contribution < -0.4 is 16.5 Å².